The molecule has 0 aliphatic rings. The van der Waals surface area contributed by atoms with Gasteiger partial charge in [0.1, 0.15) is 0 Å². The van der Waals surface area contributed by atoms with Crippen LogP contribution in [0.3, 0.4) is 0 Å². The van der Waals surface area contributed by atoms with E-state index < -0.39 is 0 Å². The first-order chi connectivity index (χ1) is 7.90. The Morgan fingerprint density at radius 3 is 2.44 bits per heavy atom. The largest absolute Gasteiger partial charge is 0.411 e. The second-order valence-corrected chi connectivity index (χ2v) is 3.41. The van der Waals surface area contributed by atoms with E-state index in [2.05, 4.69) is 10.1 Å². The molecule has 0 fully saturated rings. The van der Waals surface area contributed by atoms with Crippen molar-refractivity contribution in [3.8, 4) is 0 Å². The monoisotopic (exact) mass is 212 g/mol. The van der Waals surface area contributed by atoms with Crippen LogP contribution in [-0.2, 0) is 6.42 Å². The minimum Gasteiger partial charge on any atom is -0.411 e. The van der Waals surface area contributed by atoms with Crippen LogP contribution in [0.15, 0.2) is 59.9 Å². The quantitative estimate of drug-likeness (QED) is 0.482. The van der Waals surface area contributed by atoms with Gasteiger partial charge < -0.3 is 5.21 Å². The fourth-order valence-corrected chi connectivity index (χ4v) is 1.50. The Balaban J connectivity index is 2.20. The number of benzene rings is 1. The van der Waals surface area contributed by atoms with Gasteiger partial charge in [0.05, 0.1) is 5.71 Å². The summed E-state index contributed by atoms with van der Waals surface area (Å²) in [6.45, 7) is 0. The molecule has 1 aromatic carbocycles. The molecule has 0 radical (unpaired) electrons. The minimum atomic E-state index is 0.529. The molecule has 0 unspecified atom stereocenters. The smallest absolute Gasteiger partial charge is 0.0927 e. The Morgan fingerprint density at radius 2 is 1.81 bits per heavy atom. The molecule has 0 amide bonds. The number of pyridine rings is 1. The van der Waals surface area contributed by atoms with Crippen LogP contribution < -0.4 is 0 Å². The summed E-state index contributed by atoms with van der Waals surface area (Å²) < 4.78 is 0. The predicted molar refractivity (Wildman–Crippen MR) is 62.7 cm³/mol. The zero-order valence-corrected chi connectivity index (χ0v) is 8.74. The van der Waals surface area contributed by atoms with Crippen molar-refractivity contribution in [3.05, 3.63) is 66.0 Å². The standard InChI is InChI=1S/C13H12N2O/c16-15-13(11-6-2-1-3-7-11)10-12-8-4-5-9-14-12/h1-9,16H,10H2. The van der Waals surface area contributed by atoms with Crippen LogP contribution >= 0.6 is 0 Å². The molecule has 80 valence electrons. The summed E-state index contributed by atoms with van der Waals surface area (Å²) in [5.74, 6) is 0. The molecule has 2 rings (SSSR count). The second-order valence-electron chi connectivity index (χ2n) is 3.41. The van der Waals surface area contributed by atoms with E-state index in [1.54, 1.807) is 6.20 Å². The molecule has 0 atom stereocenters. The number of hydrogen-bond acceptors (Lipinski definition) is 3. The van der Waals surface area contributed by atoms with Gasteiger partial charge in [-0.3, -0.25) is 4.98 Å². The van der Waals surface area contributed by atoms with E-state index >= 15 is 0 Å². The van der Waals surface area contributed by atoms with Crippen molar-refractivity contribution in [1.82, 2.24) is 4.98 Å². The number of hydrogen-bond donors (Lipinski definition) is 1. The predicted octanol–water partition coefficient (Wildman–Crippen LogP) is 2.50. The minimum absolute atomic E-state index is 0.529. The molecule has 0 saturated carbocycles. The van der Waals surface area contributed by atoms with Gasteiger partial charge in [0, 0.05) is 18.3 Å². The number of nitrogens with zero attached hydrogens (tertiary/aromatic N) is 2. The van der Waals surface area contributed by atoms with E-state index in [9.17, 15) is 0 Å². The number of aromatic nitrogens is 1. The summed E-state index contributed by atoms with van der Waals surface area (Å²) in [5.41, 5.74) is 2.43. The van der Waals surface area contributed by atoms with Gasteiger partial charge in [0.25, 0.3) is 0 Å². The van der Waals surface area contributed by atoms with Crippen molar-refractivity contribution in [2.45, 2.75) is 6.42 Å². The summed E-state index contributed by atoms with van der Waals surface area (Å²) in [6.07, 6.45) is 2.26. The fraction of sp³-hybridized carbons (Fsp3) is 0.0769. The molecular formula is C13H12N2O. The zero-order valence-electron chi connectivity index (χ0n) is 8.74. The van der Waals surface area contributed by atoms with Gasteiger partial charge in [-0.1, -0.05) is 41.6 Å². The summed E-state index contributed by atoms with van der Waals surface area (Å²) >= 11 is 0. The van der Waals surface area contributed by atoms with Gasteiger partial charge in [-0.2, -0.15) is 0 Å². The van der Waals surface area contributed by atoms with E-state index in [1.807, 2.05) is 48.5 Å². The highest BCUT2D eigenvalue weighted by Crippen LogP contribution is 2.06. The van der Waals surface area contributed by atoms with E-state index in [4.69, 9.17) is 5.21 Å². The SMILES string of the molecule is ON=C(Cc1ccccn1)c1ccccc1. The van der Waals surface area contributed by atoms with Crippen LogP contribution in [0.25, 0.3) is 0 Å². The molecule has 2 aromatic rings. The molecular weight excluding hydrogens is 200 g/mol. The van der Waals surface area contributed by atoms with Crippen LogP contribution in [0.2, 0.25) is 0 Å². The molecule has 3 nitrogen and oxygen atoms in total. The highest BCUT2D eigenvalue weighted by Gasteiger charge is 2.05. The normalized spacial score (nSPS) is 11.4. The van der Waals surface area contributed by atoms with E-state index in [0.29, 0.717) is 12.1 Å². The Bertz CT molecular complexity index is 466. The number of rotatable bonds is 3. The van der Waals surface area contributed by atoms with Gasteiger partial charge in [-0.25, -0.2) is 0 Å². The highest BCUT2D eigenvalue weighted by atomic mass is 16.4. The Hall–Kier alpha value is -2.16. The van der Waals surface area contributed by atoms with E-state index in [1.165, 1.54) is 0 Å². The molecule has 1 heterocycles. The van der Waals surface area contributed by atoms with Crippen LogP contribution in [0.4, 0.5) is 0 Å². The van der Waals surface area contributed by atoms with Gasteiger partial charge in [0.2, 0.25) is 0 Å². The van der Waals surface area contributed by atoms with Crippen molar-refractivity contribution in [2.24, 2.45) is 5.16 Å². The first-order valence-corrected chi connectivity index (χ1v) is 5.06. The lowest BCUT2D eigenvalue weighted by Gasteiger charge is -2.03. The van der Waals surface area contributed by atoms with Crippen molar-refractivity contribution >= 4 is 5.71 Å². The van der Waals surface area contributed by atoms with Crippen molar-refractivity contribution < 1.29 is 5.21 Å². The summed E-state index contributed by atoms with van der Waals surface area (Å²) in [7, 11) is 0. The third-order valence-electron chi connectivity index (χ3n) is 2.30. The van der Waals surface area contributed by atoms with Crippen LogP contribution in [0.5, 0.6) is 0 Å². The molecule has 0 bridgehead atoms. The van der Waals surface area contributed by atoms with Crippen LogP contribution in [0, 0.1) is 0 Å². The van der Waals surface area contributed by atoms with Crippen LogP contribution in [0.1, 0.15) is 11.3 Å². The third-order valence-corrected chi connectivity index (χ3v) is 2.30. The van der Waals surface area contributed by atoms with Crippen molar-refractivity contribution in [2.75, 3.05) is 0 Å². The van der Waals surface area contributed by atoms with Gasteiger partial charge in [-0.05, 0) is 17.7 Å². The molecule has 16 heavy (non-hydrogen) atoms. The third kappa shape index (κ3) is 2.45. The van der Waals surface area contributed by atoms with E-state index in [0.717, 1.165) is 11.3 Å². The molecule has 0 aliphatic carbocycles. The number of oxime groups is 1. The van der Waals surface area contributed by atoms with Gasteiger partial charge in [-0.15, -0.1) is 0 Å². The Kier molecular flexibility index (Phi) is 3.28. The van der Waals surface area contributed by atoms with Gasteiger partial charge >= 0.3 is 0 Å². The lowest BCUT2D eigenvalue weighted by molar-refractivity contribution is 0.318. The first-order valence-electron chi connectivity index (χ1n) is 5.06. The van der Waals surface area contributed by atoms with Crippen LogP contribution in [-0.4, -0.2) is 15.9 Å². The maximum Gasteiger partial charge on any atom is 0.0927 e. The molecule has 0 saturated heterocycles. The van der Waals surface area contributed by atoms with Crippen molar-refractivity contribution in [1.29, 1.82) is 0 Å². The summed E-state index contributed by atoms with van der Waals surface area (Å²) in [5, 5.41) is 12.3. The maximum absolute atomic E-state index is 9.00. The Labute approximate surface area is 94.1 Å². The maximum atomic E-state index is 9.00. The van der Waals surface area contributed by atoms with Crippen molar-refractivity contribution in [3.63, 3.8) is 0 Å². The topological polar surface area (TPSA) is 45.5 Å². The summed E-state index contributed by atoms with van der Waals surface area (Å²) in [6, 6.07) is 15.3. The molecule has 0 aliphatic heterocycles. The highest BCUT2D eigenvalue weighted by molar-refractivity contribution is 6.01. The second kappa shape index (κ2) is 5.07. The molecule has 1 aromatic heterocycles. The first kappa shape index (κ1) is 10.4. The summed E-state index contributed by atoms with van der Waals surface area (Å²) in [4.78, 5) is 4.20. The van der Waals surface area contributed by atoms with Gasteiger partial charge in [0.15, 0.2) is 0 Å². The van der Waals surface area contributed by atoms with E-state index in [-0.39, 0.29) is 0 Å². The molecule has 1 N–H and O–H groups in total. The lowest BCUT2D eigenvalue weighted by atomic mass is 10.1. The molecule has 0 spiro atoms. The zero-order chi connectivity index (χ0) is 11.2. The fourth-order valence-electron chi connectivity index (χ4n) is 1.50. The lowest BCUT2D eigenvalue weighted by Crippen LogP contribution is -2.06. The molecule has 3 heteroatoms. The Morgan fingerprint density at radius 1 is 1.06 bits per heavy atom. The average molecular weight is 212 g/mol. The average Bonchev–Trinajstić information content (AvgIpc) is 2.38.